The average molecular weight is 348 g/mol. The van der Waals surface area contributed by atoms with E-state index in [4.69, 9.17) is 11.6 Å². The molecule has 0 spiro atoms. The van der Waals surface area contributed by atoms with Crippen LogP contribution >= 0.6 is 27.5 Å². The van der Waals surface area contributed by atoms with Gasteiger partial charge in [-0.3, -0.25) is 0 Å². The lowest BCUT2D eigenvalue weighted by atomic mass is 10.1. The molecule has 2 nitrogen and oxygen atoms in total. The molecule has 0 N–H and O–H groups in total. The molecule has 0 bridgehead atoms. The lowest BCUT2D eigenvalue weighted by molar-refractivity contribution is 1.21. The molecular weight excluding hydrogens is 336 g/mol. The fraction of sp³-hybridized carbons (Fsp3) is 0.125. The first-order valence-corrected chi connectivity index (χ1v) is 7.43. The van der Waals surface area contributed by atoms with Crippen molar-refractivity contribution in [2.45, 2.75) is 13.8 Å². The maximum Gasteiger partial charge on any atom is 0.161 e. The molecule has 0 aliphatic heterocycles. The Hall–Kier alpha value is -1.45. The molecule has 0 fully saturated rings. The van der Waals surface area contributed by atoms with E-state index in [1.165, 1.54) is 5.56 Å². The Morgan fingerprint density at radius 3 is 2.35 bits per heavy atom. The van der Waals surface area contributed by atoms with Gasteiger partial charge in [0.25, 0.3) is 0 Å². The smallest absolute Gasteiger partial charge is 0.161 e. The molecule has 100 valence electrons. The molecule has 0 atom stereocenters. The summed E-state index contributed by atoms with van der Waals surface area (Å²) >= 11 is 9.83. The molecule has 0 aliphatic rings. The van der Waals surface area contributed by atoms with Crippen LogP contribution in [0.25, 0.3) is 22.3 Å². The number of nitrogens with zero attached hydrogens (tertiary/aromatic N) is 2. The molecule has 0 aliphatic carbocycles. The highest BCUT2D eigenvalue weighted by atomic mass is 79.9. The third-order valence-corrected chi connectivity index (χ3v) is 4.47. The van der Waals surface area contributed by atoms with Gasteiger partial charge in [-0.05, 0) is 31.5 Å². The molecule has 0 saturated carbocycles. The number of rotatable bonds is 1. The zero-order valence-electron chi connectivity index (χ0n) is 11.1. The first-order valence-electron chi connectivity index (χ1n) is 6.25. The van der Waals surface area contributed by atoms with Gasteiger partial charge in [0.05, 0.1) is 5.52 Å². The van der Waals surface area contributed by atoms with Gasteiger partial charge in [-0.2, -0.15) is 0 Å². The van der Waals surface area contributed by atoms with Crippen LogP contribution in [0.15, 0.2) is 40.9 Å². The maximum absolute atomic E-state index is 6.30. The molecule has 3 aromatic rings. The van der Waals surface area contributed by atoms with Gasteiger partial charge in [0.1, 0.15) is 5.15 Å². The van der Waals surface area contributed by atoms with E-state index < -0.39 is 0 Å². The van der Waals surface area contributed by atoms with Crippen molar-refractivity contribution in [2.24, 2.45) is 0 Å². The van der Waals surface area contributed by atoms with E-state index in [0.29, 0.717) is 11.0 Å². The Morgan fingerprint density at radius 1 is 0.950 bits per heavy atom. The molecule has 0 unspecified atom stereocenters. The van der Waals surface area contributed by atoms with Gasteiger partial charge in [-0.1, -0.05) is 57.4 Å². The number of aromatic nitrogens is 2. The number of halogens is 2. The molecule has 0 radical (unpaired) electrons. The summed E-state index contributed by atoms with van der Waals surface area (Å²) in [4.78, 5) is 9.08. The summed E-state index contributed by atoms with van der Waals surface area (Å²) in [6.45, 7) is 4.08. The Morgan fingerprint density at radius 2 is 1.65 bits per heavy atom. The van der Waals surface area contributed by atoms with Gasteiger partial charge in [0, 0.05) is 15.4 Å². The van der Waals surface area contributed by atoms with E-state index in [1.807, 2.05) is 43.3 Å². The van der Waals surface area contributed by atoms with E-state index in [-0.39, 0.29) is 0 Å². The molecule has 20 heavy (non-hydrogen) atoms. The molecule has 2 aromatic carbocycles. The Bertz CT molecular complexity index is 798. The van der Waals surface area contributed by atoms with Crippen LogP contribution in [0.1, 0.15) is 11.1 Å². The molecular formula is C16H12BrClN2. The number of benzene rings is 2. The highest BCUT2D eigenvalue weighted by Crippen LogP contribution is 2.30. The first-order chi connectivity index (χ1) is 9.56. The van der Waals surface area contributed by atoms with Gasteiger partial charge >= 0.3 is 0 Å². The number of hydrogen-bond donors (Lipinski definition) is 0. The van der Waals surface area contributed by atoms with Crippen molar-refractivity contribution in [1.82, 2.24) is 9.97 Å². The van der Waals surface area contributed by atoms with Crippen LogP contribution in [0.4, 0.5) is 0 Å². The van der Waals surface area contributed by atoms with Gasteiger partial charge in [0.15, 0.2) is 5.82 Å². The second-order valence-electron chi connectivity index (χ2n) is 4.77. The lowest BCUT2D eigenvalue weighted by Gasteiger charge is -2.08. The number of hydrogen-bond acceptors (Lipinski definition) is 2. The van der Waals surface area contributed by atoms with Gasteiger partial charge in [0.2, 0.25) is 0 Å². The molecule has 1 aromatic heterocycles. The second kappa shape index (κ2) is 5.15. The van der Waals surface area contributed by atoms with E-state index >= 15 is 0 Å². The van der Waals surface area contributed by atoms with E-state index in [2.05, 4.69) is 32.8 Å². The van der Waals surface area contributed by atoms with Crippen LogP contribution in [-0.2, 0) is 0 Å². The highest BCUT2D eigenvalue weighted by molar-refractivity contribution is 9.10. The zero-order chi connectivity index (χ0) is 14.3. The third kappa shape index (κ3) is 2.32. The molecule has 4 heteroatoms. The molecule has 0 amide bonds. The lowest BCUT2D eigenvalue weighted by Crippen LogP contribution is -1.94. The predicted octanol–water partition coefficient (Wildman–Crippen LogP) is 5.33. The van der Waals surface area contributed by atoms with Crippen LogP contribution in [0.5, 0.6) is 0 Å². The van der Waals surface area contributed by atoms with Gasteiger partial charge in [-0.25, -0.2) is 9.97 Å². The molecule has 0 saturated heterocycles. The van der Waals surface area contributed by atoms with Crippen molar-refractivity contribution < 1.29 is 0 Å². The Balaban J connectivity index is 2.28. The minimum absolute atomic E-state index is 0.487. The topological polar surface area (TPSA) is 25.8 Å². The normalized spacial score (nSPS) is 11.0. The Kier molecular flexibility index (Phi) is 3.48. The minimum atomic E-state index is 0.487. The van der Waals surface area contributed by atoms with Crippen LogP contribution in [0.2, 0.25) is 5.15 Å². The summed E-state index contributed by atoms with van der Waals surface area (Å²) < 4.78 is 1.02. The van der Waals surface area contributed by atoms with Crippen molar-refractivity contribution in [3.8, 4) is 11.4 Å². The Labute approximate surface area is 131 Å². The molecule has 3 rings (SSSR count). The van der Waals surface area contributed by atoms with Crippen LogP contribution in [0.3, 0.4) is 0 Å². The predicted molar refractivity (Wildman–Crippen MR) is 87.2 cm³/mol. The summed E-state index contributed by atoms with van der Waals surface area (Å²) in [6.07, 6.45) is 0. The van der Waals surface area contributed by atoms with Crippen LogP contribution in [-0.4, -0.2) is 9.97 Å². The van der Waals surface area contributed by atoms with Crippen molar-refractivity contribution in [1.29, 1.82) is 0 Å². The van der Waals surface area contributed by atoms with Crippen LogP contribution < -0.4 is 0 Å². The minimum Gasteiger partial charge on any atom is -0.228 e. The summed E-state index contributed by atoms with van der Waals surface area (Å²) in [5.74, 6) is 0.656. The van der Waals surface area contributed by atoms with E-state index in [9.17, 15) is 0 Å². The summed E-state index contributed by atoms with van der Waals surface area (Å²) in [6, 6.07) is 12.0. The summed E-state index contributed by atoms with van der Waals surface area (Å²) in [7, 11) is 0. The van der Waals surface area contributed by atoms with Crippen molar-refractivity contribution in [3.05, 3.63) is 57.2 Å². The zero-order valence-corrected chi connectivity index (χ0v) is 13.5. The quantitative estimate of drug-likeness (QED) is 0.556. The summed E-state index contributed by atoms with van der Waals surface area (Å²) in [5, 5.41) is 1.37. The fourth-order valence-corrected chi connectivity index (χ4v) is 2.65. The number of fused-ring (bicyclic) bond motifs is 1. The van der Waals surface area contributed by atoms with E-state index in [1.54, 1.807) is 0 Å². The highest BCUT2D eigenvalue weighted by Gasteiger charge is 2.11. The molecule has 1 heterocycles. The second-order valence-corrected chi connectivity index (χ2v) is 5.98. The largest absolute Gasteiger partial charge is 0.228 e. The first kappa shape index (κ1) is 13.5. The standard InChI is InChI=1S/C16H12BrClN2/c1-9-3-5-11(6-4-9)16-19-14-10(2)13(17)8-7-12(14)15(18)20-16/h3-8H,1-2H3. The SMILES string of the molecule is Cc1ccc(-c2nc(Cl)c3ccc(Br)c(C)c3n2)cc1. The summed E-state index contributed by atoms with van der Waals surface area (Å²) in [5.41, 5.74) is 4.13. The third-order valence-electron chi connectivity index (χ3n) is 3.32. The average Bonchev–Trinajstić information content (AvgIpc) is 2.44. The van der Waals surface area contributed by atoms with Crippen molar-refractivity contribution in [3.63, 3.8) is 0 Å². The van der Waals surface area contributed by atoms with Gasteiger partial charge < -0.3 is 0 Å². The maximum atomic E-state index is 6.30. The van der Waals surface area contributed by atoms with E-state index in [0.717, 1.165) is 26.5 Å². The fourth-order valence-electron chi connectivity index (χ4n) is 2.10. The van der Waals surface area contributed by atoms with Crippen molar-refractivity contribution >= 4 is 38.4 Å². The monoisotopic (exact) mass is 346 g/mol. The van der Waals surface area contributed by atoms with Crippen molar-refractivity contribution in [2.75, 3.05) is 0 Å². The van der Waals surface area contributed by atoms with Crippen LogP contribution in [0, 0.1) is 13.8 Å². The number of aryl methyl sites for hydroxylation is 2. The van der Waals surface area contributed by atoms with Gasteiger partial charge in [-0.15, -0.1) is 0 Å².